The molecule has 0 aliphatic carbocycles. The maximum Gasteiger partial charge on any atom is 0.234 e. The average molecular weight is 216 g/mol. The summed E-state index contributed by atoms with van der Waals surface area (Å²) in [5.41, 5.74) is 0.0602. The molecule has 0 aromatic carbocycles. The van der Waals surface area contributed by atoms with Crippen molar-refractivity contribution in [1.82, 2.24) is 10.2 Å². The summed E-state index contributed by atoms with van der Waals surface area (Å²) < 4.78 is 0. The molecule has 0 aliphatic heterocycles. The van der Waals surface area contributed by atoms with Crippen molar-refractivity contribution in [3.8, 4) is 0 Å². The molecule has 0 saturated heterocycles. The van der Waals surface area contributed by atoms with Crippen LogP contribution in [-0.4, -0.2) is 49.7 Å². The van der Waals surface area contributed by atoms with E-state index in [9.17, 15) is 4.79 Å². The van der Waals surface area contributed by atoms with Crippen molar-refractivity contribution in [3.63, 3.8) is 0 Å². The summed E-state index contributed by atoms with van der Waals surface area (Å²) >= 11 is 0. The number of aliphatic hydroxyl groups excluding tert-OH is 1. The van der Waals surface area contributed by atoms with Crippen molar-refractivity contribution >= 4 is 5.91 Å². The first kappa shape index (κ1) is 14.4. The van der Waals surface area contributed by atoms with E-state index in [0.717, 1.165) is 12.8 Å². The minimum Gasteiger partial charge on any atom is -0.396 e. The third-order valence-electron chi connectivity index (χ3n) is 2.24. The number of nitrogens with zero attached hydrogens (tertiary/aromatic N) is 1. The van der Waals surface area contributed by atoms with Crippen molar-refractivity contribution in [2.24, 2.45) is 5.41 Å². The lowest BCUT2D eigenvalue weighted by molar-refractivity contribution is -0.122. The molecular weight excluding hydrogens is 192 g/mol. The van der Waals surface area contributed by atoms with Gasteiger partial charge in [-0.3, -0.25) is 4.79 Å². The number of hydrogen-bond acceptors (Lipinski definition) is 3. The monoisotopic (exact) mass is 216 g/mol. The van der Waals surface area contributed by atoms with E-state index < -0.39 is 0 Å². The van der Waals surface area contributed by atoms with Gasteiger partial charge in [0, 0.05) is 13.2 Å². The zero-order chi connectivity index (χ0) is 11.9. The zero-order valence-corrected chi connectivity index (χ0v) is 10.3. The molecule has 90 valence electrons. The minimum atomic E-state index is 0.0528. The standard InChI is InChI=1S/C11H24N2O2/c1-11(2,6-5-7-14)9-12-10(15)8-13(3)4/h14H,5-9H2,1-4H3,(H,12,15). The van der Waals surface area contributed by atoms with Crippen LogP contribution in [0.3, 0.4) is 0 Å². The lowest BCUT2D eigenvalue weighted by Crippen LogP contribution is -2.38. The second kappa shape index (κ2) is 6.80. The Hall–Kier alpha value is -0.610. The molecule has 0 aliphatic rings. The van der Waals surface area contributed by atoms with Crippen LogP contribution in [-0.2, 0) is 4.79 Å². The highest BCUT2D eigenvalue weighted by Crippen LogP contribution is 2.20. The van der Waals surface area contributed by atoms with Crippen LogP contribution in [0.5, 0.6) is 0 Å². The lowest BCUT2D eigenvalue weighted by Gasteiger charge is -2.25. The number of likely N-dealkylation sites (N-methyl/N-ethyl adjacent to an activating group) is 1. The summed E-state index contributed by atoms with van der Waals surface area (Å²) in [5, 5.41) is 11.6. The van der Waals surface area contributed by atoms with E-state index in [4.69, 9.17) is 5.11 Å². The summed E-state index contributed by atoms with van der Waals surface area (Å²) in [6.45, 7) is 5.50. The van der Waals surface area contributed by atoms with Crippen molar-refractivity contribution in [2.45, 2.75) is 26.7 Å². The average Bonchev–Trinajstić information content (AvgIpc) is 2.11. The summed E-state index contributed by atoms with van der Waals surface area (Å²) in [4.78, 5) is 13.2. The van der Waals surface area contributed by atoms with Crippen LogP contribution < -0.4 is 5.32 Å². The molecule has 0 aromatic rings. The van der Waals surface area contributed by atoms with Crippen molar-refractivity contribution in [2.75, 3.05) is 33.8 Å². The fraction of sp³-hybridized carbons (Fsp3) is 0.909. The smallest absolute Gasteiger partial charge is 0.234 e. The summed E-state index contributed by atoms with van der Waals surface area (Å²) in [5.74, 6) is 0.0528. The van der Waals surface area contributed by atoms with Crippen LogP contribution in [0.1, 0.15) is 26.7 Å². The van der Waals surface area contributed by atoms with Gasteiger partial charge in [-0.2, -0.15) is 0 Å². The number of hydrogen-bond donors (Lipinski definition) is 2. The minimum absolute atomic E-state index is 0.0528. The van der Waals surface area contributed by atoms with Gasteiger partial charge < -0.3 is 15.3 Å². The Morgan fingerprint density at radius 3 is 2.47 bits per heavy atom. The van der Waals surface area contributed by atoms with Crippen LogP contribution in [0.4, 0.5) is 0 Å². The first-order chi connectivity index (χ1) is 6.87. The molecule has 0 atom stereocenters. The SMILES string of the molecule is CN(C)CC(=O)NCC(C)(C)CCCO. The Bertz CT molecular complexity index is 191. The van der Waals surface area contributed by atoms with Crippen LogP contribution in [0.15, 0.2) is 0 Å². The molecule has 0 rings (SSSR count). The number of nitrogens with one attached hydrogen (secondary N) is 1. The Labute approximate surface area is 92.7 Å². The van der Waals surface area contributed by atoms with E-state index in [1.807, 2.05) is 19.0 Å². The molecule has 4 nitrogen and oxygen atoms in total. The number of carbonyl (C=O) groups is 1. The van der Waals surface area contributed by atoms with Gasteiger partial charge >= 0.3 is 0 Å². The molecule has 0 bridgehead atoms. The molecule has 0 saturated carbocycles. The first-order valence-electron chi connectivity index (χ1n) is 5.40. The van der Waals surface area contributed by atoms with Crippen molar-refractivity contribution in [3.05, 3.63) is 0 Å². The predicted octanol–water partition coefficient (Wildman–Crippen LogP) is 0.463. The Kier molecular flexibility index (Phi) is 6.52. The highest BCUT2D eigenvalue weighted by atomic mass is 16.2. The molecule has 15 heavy (non-hydrogen) atoms. The predicted molar refractivity (Wildman–Crippen MR) is 61.7 cm³/mol. The van der Waals surface area contributed by atoms with Crippen molar-refractivity contribution < 1.29 is 9.90 Å². The molecule has 4 heteroatoms. The maximum absolute atomic E-state index is 11.4. The van der Waals surface area contributed by atoms with E-state index in [1.165, 1.54) is 0 Å². The number of amides is 1. The highest BCUT2D eigenvalue weighted by molar-refractivity contribution is 5.77. The van der Waals surface area contributed by atoms with Gasteiger partial charge in [0.1, 0.15) is 0 Å². The summed E-state index contributed by atoms with van der Waals surface area (Å²) in [6, 6.07) is 0. The summed E-state index contributed by atoms with van der Waals surface area (Å²) in [6.07, 6.45) is 1.71. The number of rotatable bonds is 7. The normalized spacial score (nSPS) is 11.9. The van der Waals surface area contributed by atoms with Crippen LogP contribution in [0, 0.1) is 5.41 Å². The van der Waals surface area contributed by atoms with Gasteiger partial charge in [-0.25, -0.2) is 0 Å². The third-order valence-corrected chi connectivity index (χ3v) is 2.24. The third kappa shape index (κ3) is 8.39. The van der Waals surface area contributed by atoms with E-state index in [0.29, 0.717) is 13.1 Å². The largest absolute Gasteiger partial charge is 0.396 e. The van der Waals surface area contributed by atoms with Gasteiger partial charge in [-0.05, 0) is 32.4 Å². The lowest BCUT2D eigenvalue weighted by atomic mass is 9.88. The van der Waals surface area contributed by atoms with E-state index >= 15 is 0 Å². The Morgan fingerprint density at radius 1 is 1.40 bits per heavy atom. The van der Waals surface area contributed by atoms with Crippen molar-refractivity contribution in [1.29, 1.82) is 0 Å². The van der Waals surface area contributed by atoms with E-state index in [1.54, 1.807) is 0 Å². The quantitative estimate of drug-likeness (QED) is 0.650. The molecule has 0 fully saturated rings. The molecule has 1 amide bonds. The first-order valence-corrected chi connectivity index (χ1v) is 5.40. The fourth-order valence-corrected chi connectivity index (χ4v) is 1.33. The molecular formula is C11H24N2O2. The van der Waals surface area contributed by atoms with E-state index in [-0.39, 0.29) is 17.9 Å². The van der Waals surface area contributed by atoms with Gasteiger partial charge in [0.05, 0.1) is 6.54 Å². The maximum atomic E-state index is 11.4. The molecule has 0 heterocycles. The van der Waals surface area contributed by atoms with E-state index in [2.05, 4.69) is 19.2 Å². The Balaban J connectivity index is 3.77. The molecule has 0 spiro atoms. The van der Waals surface area contributed by atoms with Gasteiger partial charge in [-0.15, -0.1) is 0 Å². The number of aliphatic hydroxyl groups is 1. The van der Waals surface area contributed by atoms with Gasteiger partial charge in [0.25, 0.3) is 0 Å². The second-order valence-electron chi connectivity index (χ2n) is 5.01. The molecule has 0 aromatic heterocycles. The van der Waals surface area contributed by atoms with Crippen LogP contribution in [0.25, 0.3) is 0 Å². The summed E-state index contributed by atoms with van der Waals surface area (Å²) in [7, 11) is 3.74. The van der Waals surface area contributed by atoms with Gasteiger partial charge in [-0.1, -0.05) is 13.8 Å². The molecule has 0 radical (unpaired) electrons. The number of carbonyl (C=O) groups excluding carboxylic acids is 1. The van der Waals surface area contributed by atoms with Gasteiger partial charge in [0.15, 0.2) is 0 Å². The second-order valence-corrected chi connectivity index (χ2v) is 5.01. The molecule has 0 unspecified atom stereocenters. The topological polar surface area (TPSA) is 52.6 Å². The molecule has 2 N–H and O–H groups in total. The Morgan fingerprint density at radius 2 is 2.00 bits per heavy atom. The van der Waals surface area contributed by atoms with Gasteiger partial charge in [0.2, 0.25) is 5.91 Å². The highest BCUT2D eigenvalue weighted by Gasteiger charge is 2.18. The zero-order valence-electron chi connectivity index (χ0n) is 10.3. The van der Waals surface area contributed by atoms with Crippen LogP contribution in [0.2, 0.25) is 0 Å². The fourth-order valence-electron chi connectivity index (χ4n) is 1.33. The van der Waals surface area contributed by atoms with Crippen LogP contribution >= 0.6 is 0 Å².